The van der Waals surface area contributed by atoms with Gasteiger partial charge >= 0.3 is 0 Å². The predicted molar refractivity (Wildman–Crippen MR) is 125 cm³/mol. The first-order valence-electron chi connectivity index (χ1n) is 11.0. The zero-order chi connectivity index (χ0) is 20.8. The van der Waals surface area contributed by atoms with Crippen LogP contribution in [0.1, 0.15) is 54.5 Å². The summed E-state index contributed by atoms with van der Waals surface area (Å²) in [4.78, 5) is 2.63. The van der Waals surface area contributed by atoms with Crippen molar-refractivity contribution in [2.24, 2.45) is 0 Å². The van der Waals surface area contributed by atoms with Gasteiger partial charge in [-0.05, 0) is 73.2 Å². The molecule has 0 bridgehead atoms. The number of hydrogen-bond donors (Lipinski definition) is 0. The lowest BCUT2D eigenvalue weighted by Crippen LogP contribution is -2.33. The Bertz CT molecular complexity index is 939. The van der Waals surface area contributed by atoms with Gasteiger partial charge in [0.2, 0.25) is 0 Å². The number of piperidine rings is 1. The minimum atomic E-state index is 0.454. The van der Waals surface area contributed by atoms with Crippen LogP contribution in [-0.2, 0) is 13.0 Å². The van der Waals surface area contributed by atoms with Gasteiger partial charge in [-0.3, -0.25) is 4.90 Å². The van der Waals surface area contributed by atoms with Crippen molar-refractivity contribution < 1.29 is 4.74 Å². The fraction of sp³-hybridized carbons (Fsp3) is 0.333. The van der Waals surface area contributed by atoms with Crippen molar-refractivity contribution in [3.63, 3.8) is 0 Å². The highest BCUT2D eigenvalue weighted by Crippen LogP contribution is 2.34. The molecule has 0 amide bonds. The van der Waals surface area contributed by atoms with Crippen molar-refractivity contribution in [1.82, 2.24) is 4.90 Å². The Balaban J connectivity index is 1.53. The number of hydrogen-bond acceptors (Lipinski definition) is 2. The second-order valence-corrected chi connectivity index (χ2v) is 8.48. The molecule has 1 fully saturated rings. The average Bonchev–Trinajstić information content (AvgIpc) is 2.78. The number of ether oxygens (including phenoxy) is 1. The third-order valence-electron chi connectivity index (χ3n) is 5.93. The number of likely N-dealkylation sites (tertiary alicyclic amines) is 1. The fourth-order valence-corrected chi connectivity index (χ4v) is 4.59. The smallest absolute Gasteiger partial charge is 0.119 e. The van der Waals surface area contributed by atoms with Gasteiger partial charge in [0.1, 0.15) is 5.75 Å². The predicted octanol–water partition coefficient (Wildman–Crippen LogP) is 7.06. The molecule has 0 spiro atoms. The van der Waals surface area contributed by atoms with Gasteiger partial charge < -0.3 is 4.74 Å². The van der Waals surface area contributed by atoms with E-state index in [1.165, 1.54) is 41.5 Å². The van der Waals surface area contributed by atoms with Crippen molar-refractivity contribution >= 4 is 11.6 Å². The molecule has 0 N–H and O–H groups in total. The molecule has 0 radical (unpaired) electrons. The minimum Gasteiger partial charge on any atom is -0.494 e. The molecule has 3 heteroatoms. The van der Waals surface area contributed by atoms with Crippen molar-refractivity contribution in [3.8, 4) is 5.75 Å². The summed E-state index contributed by atoms with van der Waals surface area (Å²) in [6, 6.07) is 26.2. The summed E-state index contributed by atoms with van der Waals surface area (Å²) in [5.74, 6) is 0.917. The van der Waals surface area contributed by atoms with Crippen LogP contribution in [0.2, 0.25) is 5.02 Å². The Morgan fingerprint density at radius 1 is 0.933 bits per heavy atom. The highest BCUT2D eigenvalue weighted by atomic mass is 35.5. The molecule has 3 aromatic carbocycles. The van der Waals surface area contributed by atoms with Gasteiger partial charge in [-0.2, -0.15) is 0 Å². The first kappa shape index (κ1) is 21.0. The van der Waals surface area contributed by atoms with E-state index >= 15 is 0 Å². The topological polar surface area (TPSA) is 12.5 Å². The van der Waals surface area contributed by atoms with Crippen molar-refractivity contribution in [1.29, 1.82) is 0 Å². The number of benzene rings is 3. The van der Waals surface area contributed by atoms with Gasteiger partial charge in [-0.25, -0.2) is 0 Å². The van der Waals surface area contributed by atoms with Crippen LogP contribution in [0.3, 0.4) is 0 Å². The normalized spacial score (nSPS) is 17.1. The molecule has 0 aromatic heterocycles. The van der Waals surface area contributed by atoms with E-state index in [0.29, 0.717) is 12.6 Å². The van der Waals surface area contributed by atoms with Gasteiger partial charge in [-0.1, -0.05) is 72.6 Å². The lowest BCUT2D eigenvalue weighted by molar-refractivity contribution is 0.140. The molecule has 1 saturated heterocycles. The van der Waals surface area contributed by atoms with Crippen molar-refractivity contribution in [2.75, 3.05) is 13.2 Å². The standard InChI is InChI=1S/C27H30ClNO/c1-2-30-25-14-11-21(12-15-25)18-24-19-23(13-16-26(24)28)27-10-6-7-17-29(27)20-22-8-4-3-5-9-22/h3-5,8-9,11-16,19,27H,2,6-7,10,17-18,20H2,1H3. The van der Waals surface area contributed by atoms with Crippen LogP contribution in [0.5, 0.6) is 5.75 Å². The maximum Gasteiger partial charge on any atom is 0.119 e. The Kier molecular flexibility index (Phi) is 7.09. The molecule has 1 unspecified atom stereocenters. The Morgan fingerprint density at radius 2 is 1.73 bits per heavy atom. The van der Waals surface area contributed by atoms with Crippen molar-refractivity contribution in [3.05, 3.63) is 100 Å². The molecule has 3 aromatic rings. The molecule has 0 aliphatic carbocycles. The van der Waals surface area contributed by atoms with E-state index in [1.807, 2.05) is 19.1 Å². The first-order chi connectivity index (χ1) is 14.7. The van der Waals surface area contributed by atoms with Gasteiger partial charge in [-0.15, -0.1) is 0 Å². The summed E-state index contributed by atoms with van der Waals surface area (Å²) in [5.41, 5.74) is 5.22. The number of halogens is 1. The van der Waals surface area contributed by atoms with Gasteiger partial charge in [0.05, 0.1) is 6.61 Å². The molecule has 1 heterocycles. The summed E-state index contributed by atoms with van der Waals surface area (Å²) in [6.45, 7) is 4.85. The van der Waals surface area contributed by atoms with Crippen LogP contribution < -0.4 is 4.74 Å². The maximum absolute atomic E-state index is 6.59. The van der Waals surface area contributed by atoms with E-state index in [-0.39, 0.29) is 0 Å². The average molecular weight is 420 g/mol. The minimum absolute atomic E-state index is 0.454. The van der Waals surface area contributed by atoms with Gasteiger partial charge in [0, 0.05) is 17.6 Å². The second kappa shape index (κ2) is 10.1. The molecule has 2 nitrogen and oxygen atoms in total. The van der Waals surface area contributed by atoms with Gasteiger partial charge in [0.15, 0.2) is 0 Å². The maximum atomic E-state index is 6.59. The largest absolute Gasteiger partial charge is 0.494 e. The van der Waals surface area contributed by atoms with Crippen molar-refractivity contribution in [2.45, 2.75) is 45.2 Å². The Hall–Kier alpha value is -2.29. The summed E-state index contributed by atoms with van der Waals surface area (Å²) in [6.07, 6.45) is 4.60. The van der Waals surface area contributed by atoms with E-state index in [2.05, 4.69) is 65.6 Å². The Morgan fingerprint density at radius 3 is 2.50 bits per heavy atom. The van der Waals surface area contributed by atoms with Crippen LogP contribution in [0, 0.1) is 0 Å². The zero-order valence-corrected chi connectivity index (χ0v) is 18.4. The molecule has 1 atom stereocenters. The van der Waals surface area contributed by atoms with E-state index in [4.69, 9.17) is 16.3 Å². The van der Waals surface area contributed by atoms with E-state index < -0.39 is 0 Å². The number of rotatable bonds is 7. The van der Waals surface area contributed by atoms with E-state index in [0.717, 1.165) is 30.3 Å². The third kappa shape index (κ3) is 5.24. The molecular formula is C27H30ClNO. The molecule has 30 heavy (non-hydrogen) atoms. The van der Waals surface area contributed by atoms with Crippen LogP contribution in [-0.4, -0.2) is 18.1 Å². The van der Waals surface area contributed by atoms with E-state index in [1.54, 1.807) is 0 Å². The van der Waals surface area contributed by atoms with Crippen LogP contribution in [0.25, 0.3) is 0 Å². The van der Waals surface area contributed by atoms with Gasteiger partial charge in [0.25, 0.3) is 0 Å². The summed E-state index contributed by atoms with van der Waals surface area (Å²) in [5, 5.41) is 0.845. The fourth-order valence-electron chi connectivity index (χ4n) is 4.40. The molecule has 156 valence electrons. The lowest BCUT2D eigenvalue weighted by atomic mass is 9.92. The molecule has 1 aliphatic rings. The Labute approximate surface area is 185 Å². The monoisotopic (exact) mass is 419 g/mol. The highest BCUT2D eigenvalue weighted by Gasteiger charge is 2.24. The summed E-state index contributed by atoms with van der Waals surface area (Å²) < 4.78 is 5.56. The molecule has 0 saturated carbocycles. The quantitative estimate of drug-likeness (QED) is 0.406. The zero-order valence-electron chi connectivity index (χ0n) is 17.7. The first-order valence-corrected chi connectivity index (χ1v) is 11.4. The molecule has 4 rings (SSSR count). The second-order valence-electron chi connectivity index (χ2n) is 8.07. The lowest BCUT2D eigenvalue weighted by Gasteiger charge is -2.36. The number of nitrogens with zero attached hydrogens (tertiary/aromatic N) is 1. The van der Waals surface area contributed by atoms with Crippen LogP contribution in [0.4, 0.5) is 0 Å². The summed E-state index contributed by atoms with van der Waals surface area (Å²) >= 11 is 6.59. The van der Waals surface area contributed by atoms with Crippen LogP contribution in [0.15, 0.2) is 72.8 Å². The molecule has 1 aliphatic heterocycles. The molecular weight excluding hydrogens is 390 g/mol. The highest BCUT2D eigenvalue weighted by molar-refractivity contribution is 6.31. The third-order valence-corrected chi connectivity index (χ3v) is 6.29. The SMILES string of the molecule is CCOc1ccc(Cc2cc(C3CCCCN3Cc3ccccc3)ccc2Cl)cc1. The summed E-state index contributed by atoms with van der Waals surface area (Å²) in [7, 11) is 0. The van der Waals surface area contributed by atoms with E-state index in [9.17, 15) is 0 Å². The van der Waals surface area contributed by atoms with Crippen LogP contribution >= 0.6 is 11.6 Å².